The first-order valence-electron chi connectivity index (χ1n) is 5.94. The van der Waals surface area contributed by atoms with Crippen LogP contribution in [0.25, 0.3) is 0 Å². The van der Waals surface area contributed by atoms with Crippen LogP contribution in [0.15, 0.2) is 11.9 Å². The molecule has 0 radical (unpaired) electrons. The molecule has 0 N–H and O–H groups in total. The number of thiol groups is 1. The Morgan fingerprint density at radius 2 is 0.806 bits per heavy atom. The van der Waals surface area contributed by atoms with Crippen molar-refractivity contribution in [2.75, 3.05) is 0 Å². The zero-order valence-corrected chi connectivity index (χ0v) is 13.8. The van der Waals surface area contributed by atoms with Gasteiger partial charge in [0.05, 0.1) is 0 Å². The Morgan fingerprint density at radius 1 is 0.516 bits per heavy atom. The number of hydrogen-bond acceptors (Lipinski definition) is 2. The summed E-state index contributed by atoms with van der Waals surface area (Å²) in [5, 5.41) is 0. The van der Waals surface area contributed by atoms with Crippen LogP contribution in [0, 0.1) is 0 Å². The lowest BCUT2D eigenvalue weighted by atomic mass is 9.81. The maximum Gasteiger partial charge on any atom is 0.460 e. The number of allylic oxidation sites excluding steroid dienone is 1. The fourth-order valence-corrected chi connectivity index (χ4v) is 1.42. The number of hydrogen-bond donors (Lipinski definition) is 1. The first kappa shape index (κ1) is 31.5. The van der Waals surface area contributed by atoms with Gasteiger partial charge in [-0.3, -0.25) is 0 Å². The predicted octanol–water partition coefficient (Wildman–Crippen LogP) is 5.92. The second-order valence-corrected chi connectivity index (χ2v) is 5.16. The summed E-state index contributed by atoms with van der Waals surface area (Å²) in [6.07, 6.45) is -20.9. The van der Waals surface area contributed by atoms with Gasteiger partial charge in [0.15, 0.2) is 0 Å². The Labute approximate surface area is 157 Å². The van der Waals surface area contributed by atoms with Gasteiger partial charge >= 0.3 is 47.8 Å². The normalized spacial score (nSPS) is 16.4. The predicted molar refractivity (Wildman–Crippen MR) is 57.5 cm³/mol. The first-order chi connectivity index (χ1) is 13.1. The summed E-state index contributed by atoms with van der Waals surface area (Å²) >= 11 is -3.62. The molecule has 0 aliphatic carbocycles. The van der Waals surface area contributed by atoms with E-state index in [0.717, 1.165) is 0 Å². The summed E-state index contributed by atoms with van der Waals surface area (Å²) < 4.78 is 251. The number of halogens is 19. The highest BCUT2D eigenvalue weighted by atomic mass is 32.2. The SMILES string of the molecule is FC(F)=C(F)C(F)(F)C(F)(F)C(F)(C(F)(F)F)C(F)(F)C(F)(F)C(F)(F)F.O=[SH](=O)F. The highest BCUT2D eigenvalue weighted by Crippen LogP contribution is 2.65. The van der Waals surface area contributed by atoms with Gasteiger partial charge in [0.25, 0.3) is 11.1 Å². The van der Waals surface area contributed by atoms with Gasteiger partial charge in [-0.25, -0.2) is 4.39 Å². The van der Waals surface area contributed by atoms with Gasteiger partial charge in [0.2, 0.25) is 5.83 Å². The number of alkyl halides is 15. The van der Waals surface area contributed by atoms with Crippen molar-refractivity contribution < 1.29 is 91.3 Å². The van der Waals surface area contributed by atoms with Crippen LogP contribution in [0.5, 0.6) is 0 Å². The van der Waals surface area contributed by atoms with E-state index in [-0.39, 0.29) is 0 Å². The van der Waals surface area contributed by atoms with E-state index in [1.54, 1.807) is 0 Å². The van der Waals surface area contributed by atoms with E-state index in [0.29, 0.717) is 0 Å². The summed E-state index contributed by atoms with van der Waals surface area (Å²) in [5.41, 5.74) is -8.87. The van der Waals surface area contributed by atoms with E-state index in [1.165, 1.54) is 0 Å². The summed E-state index contributed by atoms with van der Waals surface area (Å²) in [5.74, 6) is -38.7. The molecule has 1 unspecified atom stereocenters. The highest BCUT2D eigenvalue weighted by molar-refractivity contribution is 7.66. The fourth-order valence-electron chi connectivity index (χ4n) is 1.42. The van der Waals surface area contributed by atoms with Crippen LogP contribution in [0.2, 0.25) is 0 Å². The molecule has 0 bridgehead atoms. The summed E-state index contributed by atoms with van der Waals surface area (Å²) in [6.45, 7) is 0. The van der Waals surface area contributed by atoms with E-state index in [9.17, 15) is 82.9 Å². The Balaban J connectivity index is 0. The zero-order valence-electron chi connectivity index (χ0n) is 12.9. The maximum absolute atomic E-state index is 13.5. The molecule has 0 fully saturated rings. The van der Waals surface area contributed by atoms with Crippen molar-refractivity contribution in [1.82, 2.24) is 0 Å². The molecule has 0 spiro atoms. The third-order valence-electron chi connectivity index (χ3n) is 2.84. The molecular weight excluding hydrogens is 533 g/mol. The van der Waals surface area contributed by atoms with Crippen molar-refractivity contribution >= 4 is 11.1 Å². The topological polar surface area (TPSA) is 34.1 Å². The van der Waals surface area contributed by atoms with E-state index >= 15 is 0 Å². The smallest absolute Gasteiger partial charge is 0.219 e. The summed E-state index contributed by atoms with van der Waals surface area (Å²) in [7, 11) is 0. The van der Waals surface area contributed by atoms with Crippen molar-refractivity contribution in [3.8, 4) is 0 Å². The average molecular weight is 534 g/mol. The first-order valence-corrected chi connectivity index (χ1v) is 7.00. The second-order valence-electron chi connectivity index (χ2n) is 4.74. The molecule has 0 aliphatic heterocycles. The minimum atomic E-state index is -8.87. The summed E-state index contributed by atoms with van der Waals surface area (Å²) in [4.78, 5) is 0. The van der Waals surface area contributed by atoms with Crippen LogP contribution >= 0.6 is 0 Å². The lowest BCUT2D eigenvalue weighted by Crippen LogP contribution is -2.77. The molecule has 0 aromatic heterocycles. The van der Waals surface area contributed by atoms with Gasteiger partial charge in [-0.2, -0.15) is 83.1 Å². The van der Waals surface area contributed by atoms with Crippen LogP contribution in [-0.2, 0) is 11.1 Å². The Kier molecular flexibility index (Phi) is 8.87. The molecule has 0 rings (SSSR count). The quantitative estimate of drug-likeness (QED) is 0.270. The van der Waals surface area contributed by atoms with Crippen LogP contribution in [-0.4, -0.2) is 50.1 Å². The van der Waals surface area contributed by atoms with Crippen LogP contribution in [0.3, 0.4) is 0 Å². The van der Waals surface area contributed by atoms with Gasteiger partial charge in [-0.15, -0.1) is 3.89 Å². The monoisotopic (exact) mass is 534 g/mol. The Hall–Kier alpha value is -1.64. The molecule has 2 nitrogen and oxygen atoms in total. The maximum atomic E-state index is 13.5. The zero-order chi connectivity index (χ0) is 26.2. The number of rotatable bonds is 5. The van der Waals surface area contributed by atoms with Crippen LogP contribution < -0.4 is 0 Å². The third-order valence-corrected chi connectivity index (χ3v) is 2.84. The molecular formula is C9HF19O2S. The van der Waals surface area contributed by atoms with Crippen molar-refractivity contribution in [1.29, 1.82) is 0 Å². The van der Waals surface area contributed by atoms with E-state index < -0.39 is 64.7 Å². The largest absolute Gasteiger partial charge is 0.460 e. The molecule has 0 saturated heterocycles. The van der Waals surface area contributed by atoms with Gasteiger partial charge in [0.1, 0.15) is 0 Å². The van der Waals surface area contributed by atoms with Crippen molar-refractivity contribution in [3.05, 3.63) is 11.9 Å². The minimum Gasteiger partial charge on any atom is -0.219 e. The van der Waals surface area contributed by atoms with E-state index in [1.807, 2.05) is 0 Å². The Bertz CT molecular complexity index is 730. The Morgan fingerprint density at radius 3 is 1.00 bits per heavy atom. The molecule has 0 aromatic carbocycles. The molecule has 0 saturated carbocycles. The average Bonchev–Trinajstić information content (AvgIpc) is 2.49. The van der Waals surface area contributed by atoms with E-state index in [4.69, 9.17) is 8.42 Å². The standard InChI is InChI=1S/C9F18.FHO2S/c10-1(2(11)12)3(13,14)5(16,17)4(15,8(22,23)24)6(18,19)7(20,21)9(25,26)27;1-4(2)3/h;4H. The van der Waals surface area contributed by atoms with Crippen molar-refractivity contribution in [2.24, 2.45) is 0 Å². The molecule has 0 heterocycles. The second kappa shape index (κ2) is 8.71. The van der Waals surface area contributed by atoms with Crippen molar-refractivity contribution in [3.63, 3.8) is 0 Å². The highest BCUT2D eigenvalue weighted by Gasteiger charge is 2.97. The molecule has 22 heteroatoms. The van der Waals surface area contributed by atoms with Gasteiger partial charge < -0.3 is 0 Å². The van der Waals surface area contributed by atoms with Gasteiger partial charge in [-0.05, 0) is 0 Å². The van der Waals surface area contributed by atoms with Gasteiger partial charge in [0, 0.05) is 0 Å². The molecule has 31 heavy (non-hydrogen) atoms. The lowest BCUT2D eigenvalue weighted by Gasteiger charge is -2.44. The van der Waals surface area contributed by atoms with Crippen molar-refractivity contribution in [2.45, 2.75) is 41.7 Å². The van der Waals surface area contributed by atoms with Crippen LogP contribution in [0.1, 0.15) is 0 Å². The van der Waals surface area contributed by atoms with Crippen LogP contribution in [0.4, 0.5) is 82.9 Å². The minimum absolute atomic E-state index is 3.62. The molecule has 0 amide bonds. The van der Waals surface area contributed by atoms with E-state index in [2.05, 4.69) is 0 Å². The molecule has 0 aliphatic rings. The molecule has 188 valence electrons. The fraction of sp³-hybridized carbons (Fsp3) is 0.778. The lowest BCUT2D eigenvalue weighted by molar-refractivity contribution is -0.455. The molecule has 0 aromatic rings. The molecule has 1 atom stereocenters. The summed E-state index contributed by atoms with van der Waals surface area (Å²) in [6, 6.07) is 0. The van der Waals surface area contributed by atoms with Gasteiger partial charge in [-0.1, -0.05) is 0 Å². The third kappa shape index (κ3) is 5.07.